The molecule has 1 rings (SSSR count). The predicted octanol–water partition coefficient (Wildman–Crippen LogP) is 2.06. The lowest BCUT2D eigenvalue weighted by molar-refractivity contribution is -0.161. The van der Waals surface area contributed by atoms with Gasteiger partial charge < -0.3 is 4.74 Å². The fourth-order valence-electron chi connectivity index (χ4n) is 0.712. The maximum absolute atomic E-state index is 11.7. The minimum Gasteiger partial charge on any atom is -0.438 e. The normalized spacial score (nSPS) is 15.3. The lowest BCUT2D eigenvalue weighted by Gasteiger charge is -2.12. The highest BCUT2D eigenvalue weighted by atomic mass is 19.4. The first-order valence-corrected chi connectivity index (χ1v) is 3.89. The van der Waals surface area contributed by atoms with Crippen LogP contribution in [-0.4, -0.2) is 30.1 Å². The molecule has 1 aliphatic rings. The molecule has 0 N–H and O–H groups in total. The van der Waals surface area contributed by atoms with Crippen LogP contribution >= 0.6 is 0 Å². The van der Waals surface area contributed by atoms with Gasteiger partial charge in [0, 0.05) is 12.4 Å². The third-order valence-electron chi connectivity index (χ3n) is 1.27. The molecule has 0 unspecified atom stereocenters. The van der Waals surface area contributed by atoms with Crippen LogP contribution in [0.3, 0.4) is 0 Å². The summed E-state index contributed by atoms with van der Waals surface area (Å²) in [7, 11) is 0. The van der Waals surface area contributed by atoms with Gasteiger partial charge in [-0.3, -0.25) is 0 Å². The summed E-state index contributed by atoms with van der Waals surface area (Å²) in [6, 6.07) is 0. The Hall–Kier alpha value is -1.79. The van der Waals surface area contributed by atoms with Crippen molar-refractivity contribution in [3.63, 3.8) is 0 Å². The van der Waals surface area contributed by atoms with Crippen LogP contribution in [0.4, 0.5) is 18.0 Å². The summed E-state index contributed by atoms with van der Waals surface area (Å²) in [6.07, 6.45) is 1.28. The van der Waals surface area contributed by atoms with Gasteiger partial charge in [-0.05, 0) is 12.2 Å². The Morgan fingerprint density at radius 1 is 1.33 bits per heavy atom. The molecule has 0 atom stereocenters. The number of allylic oxidation sites excluding steroid dienone is 3. The zero-order valence-corrected chi connectivity index (χ0v) is 7.44. The number of ether oxygens (including phenoxy) is 1. The number of nitrogens with zero attached hydrogens (tertiary/aromatic N) is 2. The third kappa shape index (κ3) is 4.30. The van der Waals surface area contributed by atoms with Crippen LogP contribution in [0.5, 0.6) is 0 Å². The van der Waals surface area contributed by atoms with Gasteiger partial charge in [0.25, 0.3) is 0 Å². The van der Waals surface area contributed by atoms with E-state index in [0.29, 0.717) is 5.01 Å². The minimum atomic E-state index is -4.53. The second kappa shape index (κ2) is 4.63. The van der Waals surface area contributed by atoms with Crippen molar-refractivity contribution in [1.82, 2.24) is 5.01 Å². The van der Waals surface area contributed by atoms with Gasteiger partial charge in [-0.2, -0.15) is 23.3 Å². The summed E-state index contributed by atoms with van der Waals surface area (Å²) < 4.78 is 39.1. The fourth-order valence-corrected chi connectivity index (χ4v) is 0.712. The summed E-state index contributed by atoms with van der Waals surface area (Å²) in [4.78, 5) is 11.0. The molecule has 0 aliphatic carbocycles. The van der Waals surface area contributed by atoms with Crippen molar-refractivity contribution in [3.05, 3.63) is 24.4 Å². The van der Waals surface area contributed by atoms with Crippen LogP contribution in [0.25, 0.3) is 0 Å². The molecule has 4 nitrogen and oxygen atoms in total. The van der Waals surface area contributed by atoms with Crippen molar-refractivity contribution in [3.8, 4) is 0 Å². The van der Waals surface area contributed by atoms with Gasteiger partial charge in [0.2, 0.25) is 0 Å². The molecule has 0 fully saturated rings. The quantitative estimate of drug-likeness (QED) is 0.678. The Kier molecular flexibility index (Phi) is 3.48. The topological polar surface area (TPSA) is 41.9 Å². The van der Waals surface area contributed by atoms with Crippen molar-refractivity contribution in [2.24, 2.45) is 5.10 Å². The Balaban J connectivity index is 2.47. The van der Waals surface area contributed by atoms with Crippen LogP contribution in [0.2, 0.25) is 0 Å². The van der Waals surface area contributed by atoms with Crippen molar-refractivity contribution in [1.29, 1.82) is 0 Å². The number of carbonyl (C=O) groups excluding carboxylic acids is 1. The van der Waals surface area contributed by atoms with E-state index in [1.807, 2.05) is 0 Å². The smallest absolute Gasteiger partial charge is 0.434 e. The lowest BCUT2D eigenvalue weighted by atomic mass is 10.5. The third-order valence-corrected chi connectivity index (χ3v) is 1.27. The molecule has 0 saturated heterocycles. The zero-order chi connectivity index (χ0) is 11.3. The predicted molar refractivity (Wildman–Crippen MR) is 46.0 cm³/mol. The first-order valence-electron chi connectivity index (χ1n) is 3.89. The highest BCUT2D eigenvalue weighted by Gasteiger charge is 2.30. The van der Waals surface area contributed by atoms with Crippen molar-refractivity contribution < 1.29 is 22.7 Å². The van der Waals surface area contributed by atoms with E-state index in [4.69, 9.17) is 0 Å². The highest BCUT2D eigenvalue weighted by Crippen LogP contribution is 2.15. The number of hydrogen-bond acceptors (Lipinski definition) is 3. The number of carbonyl (C=O) groups is 1. The monoisotopic (exact) mass is 220 g/mol. The number of amides is 1. The lowest BCUT2D eigenvalue weighted by Crippen LogP contribution is -2.27. The van der Waals surface area contributed by atoms with Gasteiger partial charge in [0.1, 0.15) is 0 Å². The van der Waals surface area contributed by atoms with Crippen LogP contribution in [0.1, 0.15) is 0 Å². The fraction of sp³-hybridized carbons (Fsp3) is 0.250. The average molecular weight is 220 g/mol. The molecule has 1 aliphatic heterocycles. The van der Waals surface area contributed by atoms with Crippen LogP contribution < -0.4 is 0 Å². The molecule has 1 heterocycles. The number of alkyl halides is 3. The second-order valence-corrected chi connectivity index (χ2v) is 2.51. The minimum absolute atomic E-state index is 0.672. The van der Waals surface area contributed by atoms with Gasteiger partial charge >= 0.3 is 12.3 Å². The summed E-state index contributed by atoms with van der Waals surface area (Å²) >= 11 is 0. The van der Waals surface area contributed by atoms with E-state index in [2.05, 4.69) is 9.84 Å². The Morgan fingerprint density at radius 2 is 2.07 bits per heavy atom. The van der Waals surface area contributed by atoms with Gasteiger partial charge in [-0.25, -0.2) is 4.79 Å². The van der Waals surface area contributed by atoms with Gasteiger partial charge in [-0.15, -0.1) is 0 Å². The molecule has 0 saturated carbocycles. The standard InChI is InChI=1S/C8H7F3N2O2/c9-8(10,11)6-15-7(14)13-5-3-1-2-4-12-13/h1-5H,6H2. The van der Waals surface area contributed by atoms with Crippen molar-refractivity contribution >= 4 is 12.3 Å². The van der Waals surface area contributed by atoms with E-state index in [9.17, 15) is 18.0 Å². The van der Waals surface area contributed by atoms with Crippen LogP contribution in [0, 0.1) is 0 Å². The van der Waals surface area contributed by atoms with Crippen molar-refractivity contribution in [2.75, 3.05) is 6.61 Å². The van der Waals surface area contributed by atoms with Gasteiger partial charge in [-0.1, -0.05) is 6.08 Å². The highest BCUT2D eigenvalue weighted by molar-refractivity contribution is 5.76. The number of halogens is 3. The number of hydrazone groups is 1. The molecule has 82 valence electrons. The van der Waals surface area contributed by atoms with Crippen molar-refractivity contribution in [2.45, 2.75) is 6.18 Å². The zero-order valence-electron chi connectivity index (χ0n) is 7.44. The van der Waals surface area contributed by atoms with E-state index in [0.717, 1.165) is 0 Å². The Bertz CT molecular complexity index is 304. The maximum atomic E-state index is 11.7. The number of rotatable bonds is 1. The molecule has 0 aromatic carbocycles. The average Bonchev–Trinajstić information content (AvgIpc) is 2.41. The maximum Gasteiger partial charge on any atom is 0.434 e. The first-order chi connectivity index (χ1) is 6.99. The van der Waals surface area contributed by atoms with E-state index >= 15 is 0 Å². The molecule has 15 heavy (non-hydrogen) atoms. The summed E-state index contributed by atoms with van der Waals surface area (Å²) in [5, 5.41) is 4.19. The molecular weight excluding hydrogens is 213 g/mol. The van der Waals surface area contributed by atoms with Crippen LogP contribution in [-0.2, 0) is 4.74 Å². The SMILES string of the molecule is O=C(OCC(F)(F)F)N1C=CC=CC=N1. The molecule has 0 aromatic heterocycles. The molecular formula is C8H7F3N2O2. The van der Waals surface area contributed by atoms with Gasteiger partial charge in [0.05, 0.1) is 0 Å². The first kappa shape index (κ1) is 11.3. The molecule has 7 heteroatoms. The van der Waals surface area contributed by atoms with E-state index in [1.165, 1.54) is 24.6 Å². The molecule has 0 spiro atoms. The van der Waals surface area contributed by atoms with Crippen LogP contribution in [0.15, 0.2) is 29.5 Å². The van der Waals surface area contributed by atoms with E-state index in [1.54, 1.807) is 6.08 Å². The summed E-state index contributed by atoms with van der Waals surface area (Å²) in [6.45, 7) is -1.63. The molecule has 0 radical (unpaired) electrons. The second-order valence-electron chi connectivity index (χ2n) is 2.51. The largest absolute Gasteiger partial charge is 0.438 e. The van der Waals surface area contributed by atoms with E-state index in [-0.39, 0.29) is 0 Å². The summed E-state index contributed by atoms with van der Waals surface area (Å²) in [5.74, 6) is 0. The molecule has 0 bridgehead atoms. The Labute approximate surface area is 83.3 Å². The summed E-state index contributed by atoms with van der Waals surface area (Å²) in [5.41, 5.74) is 0. The Morgan fingerprint density at radius 3 is 2.73 bits per heavy atom. The number of hydrogen-bond donors (Lipinski definition) is 0. The molecule has 1 amide bonds. The van der Waals surface area contributed by atoms with Gasteiger partial charge in [0.15, 0.2) is 6.61 Å². The molecule has 0 aromatic rings. The van der Waals surface area contributed by atoms with E-state index < -0.39 is 18.9 Å².